The zero-order valence-corrected chi connectivity index (χ0v) is 21.3. The van der Waals surface area contributed by atoms with Gasteiger partial charge < -0.3 is 9.47 Å². The number of ether oxygens (including phenoxy) is 2. The van der Waals surface area contributed by atoms with Crippen LogP contribution in [0.5, 0.6) is 5.75 Å². The summed E-state index contributed by atoms with van der Waals surface area (Å²) in [5, 5.41) is 0. The molecular weight excluding hydrogens is 356 g/mol. The number of hydrogen-bond acceptors (Lipinski definition) is 2. The molecule has 0 aromatic heterocycles. The van der Waals surface area contributed by atoms with E-state index in [4.69, 9.17) is 9.47 Å². The van der Waals surface area contributed by atoms with Gasteiger partial charge in [-0.15, -0.1) is 0 Å². The van der Waals surface area contributed by atoms with E-state index in [-0.39, 0.29) is 21.7 Å². The zero-order chi connectivity index (χ0) is 22.5. The third-order valence-electron chi connectivity index (χ3n) is 10.0. The SMILES string of the molecule is CC1=C(C)C(C)(C)C(C)(C)C2(O1)Oc1c(C)c(C)c(C)c(C)c1C(C)(C)C2(C)C. The minimum absolute atomic E-state index is 0.0666. The van der Waals surface area contributed by atoms with Crippen LogP contribution >= 0.6 is 0 Å². The lowest BCUT2D eigenvalue weighted by atomic mass is 9.46. The third kappa shape index (κ3) is 2.24. The van der Waals surface area contributed by atoms with E-state index < -0.39 is 5.79 Å². The topological polar surface area (TPSA) is 18.5 Å². The first-order valence-corrected chi connectivity index (χ1v) is 11.1. The van der Waals surface area contributed by atoms with Gasteiger partial charge in [-0.3, -0.25) is 0 Å². The number of hydrogen-bond donors (Lipinski definition) is 0. The molecule has 2 aliphatic rings. The molecule has 1 aromatic carbocycles. The van der Waals surface area contributed by atoms with E-state index in [9.17, 15) is 0 Å². The molecule has 0 amide bonds. The second kappa shape index (κ2) is 5.83. The number of allylic oxidation sites excluding steroid dienone is 2. The van der Waals surface area contributed by atoms with Gasteiger partial charge in [0, 0.05) is 16.4 Å². The van der Waals surface area contributed by atoms with Gasteiger partial charge >= 0.3 is 0 Å². The Morgan fingerprint density at radius 2 is 0.966 bits per heavy atom. The fraction of sp³-hybridized carbons (Fsp3) is 0.704. The van der Waals surface area contributed by atoms with Gasteiger partial charge in [0.2, 0.25) is 0 Å². The molecule has 2 aliphatic heterocycles. The van der Waals surface area contributed by atoms with Gasteiger partial charge in [0.05, 0.1) is 16.6 Å². The molecule has 0 saturated carbocycles. The molecule has 0 saturated heterocycles. The maximum atomic E-state index is 7.17. The zero-order valence-electron chi connectivity index (χ0n) is 21.3. The van der Waals surface area contributed by atoms with Crippen LogP contribution in [0.2, 0.25) is 0 Å². The smallest absolute Gasteiger partial charge is 0.262 e. The Balaban J connectivity index is 2.48. The highest BCUT2D eigenvalue weighted by atomic mass is 16.7. The quantitative estimate of drug-likeness (QED) is 0.446. The van der Waals surface area contributed by atoms with Gasteiger partial charge in [0.15, 0.2) is 0 Å². The lowest BCUT2D eigenvalue weighted by Gasteiger charge is -2.67. The van der Waals surface area contributed by atoms with Gasteiger partial charge in [-0.1, -0.05) is 55.4 Å². The standard InChI is InChI=1S/C27H42O2/c1-15-16(2)18(4)22-21(17(15)3)24(9,10)26(13,14)27(29-22)25(11,12)23(7,8)19(5)20(6)28-27/h1-14H3. The van der Waals surface area contributed by atoms with Gasteiger partial charge in [0.25, 0.3) is 5.79 Å². The highest BCUT2D eigenvalue weighted by Gasteiger charge is 2.73. The van der Waals surface area contributed by atoms with Crippen molar-refractivity contribution >= 4 is 0 Å². The molecule has 0 radical (unpaired) electrons. The highest BCUT2D eigenvalue weighted by Crippen LogP contribution is 2.69. The van der Waals surface area contributed by atoms with Gasteiger partial charge in [-0.05, 0) is 69.4 Å². The minimum Gasteiger partial charge on any atom is -0.456 e. The van der Waals surface area contributed by atoms with Crippen LogP contribution in [0.1, 0.15) is 97.1 Å². The molecule has 3 rings (SSSR count). The van der Waals surface area contributed by atoms with Crippen molar-refractivity contribution in [3.8, 4) is 5.75 Å². The number of fused-ring (bicyclic) bond motifs is 1. The second-order valence-electron chi connectivity index (χ2n) is 11.7. The molecule has 0 bridgehead atoms. The van der Waals surface area contributed by atoms with Crippen LogP contribution in [0, 0.1) is 43.9 Å². The number of rotatable bonds is 0. The summed E-state index contributed by atoms with van der Waals surface area (Å²) in [6.07, 6.45) is 0. The van der Waals surface area contributed by atoms with E-state index in [2.05, 4.69) is 96.9 Å². The Kier molecular flexibility index (Phi) is 4.47. The van der Waals surface area contributed by atoms with Crippen LogP contribution in [-0.2, 0) is 10.2 Å². The molecule has 29 heavy (non-hydrogen) atoms. The van der Waals surface area contributed by atoms with Crippen molar-refractivity contribution in [1.29, 1.82) is 0 Å². The predicted molar refractivity (Wildman–Crippen MR) is 123 cm³/mol. The van der Waals surface area contributed by atoms with Crippen molar-refractivity contribution in [2.45, 2.75) is 108 Å². The van der Waals surface area contributed by atoms with E-state index >= 15 is 0 Å². The van der Waals surface area contributed by atoms with Crippen molar-refractivity contribution < 1.29 is 9.47 Å². The maximum absolute atomic E-state index is 7.17. The van der Waals surface area contributed by atoms with Gasteiger partial charge in [-0.25, -0.2) is 0 Å². The molecule has 2 nitrogen and oxygen atoms in total. The van der Waals surface area contributed by atoms with E-state index in [0.717, 1.165) is 11.5 Å². The first-order valence-electron chi connectivity index (χ1n) is 11.1. The summed E-state index contributed by atoms with van der Waals surface area (Å²) in [5.41, 5.74) is 7.23. The van der Waals surface area contributed by atoms with E-state index in [1.807, 2.05) is 0 Å². The van der Waals surface area contributed by atoms with Gasteiger partial charge in [-0.2, -0.15) is 0 Å². The Morgan fingerprint density at radius 1 is 0.517 bits per heavy atom. The number of benzene rings is 1. The normalized spacial score (nSPS) is 28.6. The average Bonchev–Trinajstić information content (AvgIpc) is 2.59. The summed E-state index contributed by atoms with van der Waals surface area (Å²) in [6, 6.07) is 0. The first-order chi connectivity index (χ1) is 12.9. The monoisotopic (exact) mass is 398 g/mol. The Labute approximate surface area is 179 Å². The van der Waals surface area contributed by atoms with Crippen molar-refractivity contribution in [2.75, 3.05) is 0 Å². The lowest BCUT2D eigenvalue weighted by molar-refractivity contribution is -0.337. The maximum Gasteiger partial charge on any atom is 0.262 e. The largest absolute Gasteiger partial charge is 0.456 e. The molecule has 1 unspecified atom stereocenters. The fourth-order valence-corrected chi connectivity index (χ4v) is 5.95. The molecule has 162 valence electrons. The van der Waals surface area contributed by atoms with Gasteiger partial charge in [0.1, 0.15) is 5.75 Å². The Bertz CT molecular complexity index is 925. The highest BCUT2D eigenvalue weighted by molar-refractivity contribution is 5.59. The summed E-state index contributed by atoms with van der Waals surface area (Å²) in [5.74, 6) is 1.26. The summed E-state index contributed by atoms with van der Waals surface area (Å²) in [4.78, 5) is 0. The third-order valence-corrected chi connectivity index (χ3v) is 10.0. The van der Waals surface area contributed by atoms with Crippen LogP contribution in [0.25, 0.3) is 0 Å². The lowest BCUT2D eigenvalue weighted by Crippen LogP contribution is -2.73. The molecule has 2 heteroatoms. The Morgan fingerprint density at radius 3 is 1.48 bits per heavy atom. The minimum atomic E-state index is -0.775. The van der Waals surface area contributed by atoms with Crippen molar-refractivity contribution in [3.63, 3.8) is 0 Å². The molecule has 1 aromatic rings. The van der Waals surface area contributed by atoms with Crippen molar-refractivity contribution in [3.05, 3.63) is 39.1 Å². The van der Waals surface area contributed by atoms with Crippen LogP contribution in [-0.4, -0.2) is 5.79 Å². The first kappa shape index (κ1) is 22.2. The molecule has 1 atom stereocenters. The molecule has 0 N–H and O–H groups in total. The average molecular weight is 399 g/mol. The predicted octanol–water partition coefficient (Wildman–Crippen LogP) is 7.69. The molecule has 2 heterocycles. The molecule has 0 aliphatic carbocycles. The van der Waals surface area contributed by atoms with Crippen LogP contribution in [0.3, 0.4) is 0 Å². The van der Waals surface area contributed by atoms with Crippen molar-refractivity contribution in [2.24, 2.45) is 16.2 Å². The van der Waals surface area contributed by atoms with Crippen LogP contribution < -0.4 is 4.74 Å². The summed E-state index contributed by atoms with van der Waals surface area (Å²) < 4.78 is 14.1. The fourth-order valence-electron chi connectivity index (χ4n) is 5.95. The summed E-state index contributed by atoms with van der Waals surface area (Å²) in [7, 11) is 0. The van der Waals surface area contributed by atoms with Crippen LogP contribution in [0.4, 0.5) is 0 Å². The van der Waals surface area contributed by atoms with Crippen molar-refractivity contribution in [1.82, 2.24) is 0 Å². The molecular formula is C27H42O2. The molecule has 0 fully saturated rings. The second-order valence-corrected chi connectivity index (χ2v) is 11.7. The van der Waals surface area contributed by atoms with Crippen LogP contribution in [0.15, 0.2) is 11.3 Å². The van der Waals surface area contributed by atoms with E-state index in [1.54, 1.807) is 0 Å². The Hall–Kier alpha value is -1.44. The van der Waals surface area contributed by atoms with E-state index in [1.165, 1.54) is 33.4 Å². The summed E-state index contributed by atoms with van der Waals surface area (Å²) >= 11 is 0. The summed E-state index contributed by atoms with van der Waals surface area (Å²) in [6.45, 7) is 32.0. The molecule has 1 spiro atoms. The van der Waals surface area contributed by atoms with E-state index in [0.29, 0.717) is 0 Å².